The summed E-state index contributed by atoms with van der Waals surface area (Å²) in [5.74, 6) is -0.326. The summed E-state index contributed by atoms with van der Waals surface area (Å²) in [5, 5.41) is 16.6. The number of aliphatic hydroxyl groups is 1. The molecule has 0 unspecified atom stereocenters. The second-order valence-corrected chi connectivity index (χ2v) is 7.44. The molecule has 6 heteroatoms. The van der Waals surface area contributed by atoms with Crippen molar-refractivity contribution in [1.82, 2.24) is 15.6 Å². The topological polar surface area (TPSA) is 94.2 Å². The normalized spacial score (nSPS) is 21.3. The third-order valence-corrected chi connectivity index (χ3v) is 4.68. The van der Waals surface area contributed by atoms with E-state index in [9.17, 15) is 14.7 Å². The molecular formula is C19H25N3O3. The predicted octanol–water partition coefficient (Wildman–Crippen LogP) is 1.42. The van der Waals surface area contributed by atoms with Crippen LogP contribution in [0.5, 0.6) is 0 Å². The van der Waals surface area contributed by atoms with E-state index in [1.165, 1.54) is 0 Å². The van der Waals surface area contributed by atoms with Crippen LogP contribution in [0.15, 0.2) is 24.3 Å². The lowest BCUT2D eigenvalue weighted by Crippen LogP contribution is -2.61. The zero-order valence-corrected chi connectivity index (χ0v) is 14.8. The first-order valence-electron chi connectivity index (χ1n) is 8.66. The van der Waals surface area contributed by atoms with Crippen molar-refractivity contribution < 1.29 is 14.7 Å². The summed E-state index contributed by atoms with van der Waals surface area (Å²) in [6, 6.07) is 6.85. The van der Waals surface area contributed by atoms with Gasteiger partial charge in [0, 0.05) is 23.0 Å². The Morgan fingerprint density at radius 3 is 2.56 bits per heavy atom. The molecule has 134 valence electrons. The molecule has 4 N–H and O–H groups in total. The standard InChI is InChI=1S/C19H25N3O3/c1-11-17(23)22-16(18(24)20-11)10-13-12-6-4-5-7-14(12)21-15(13)8-9-19(2,3)25/h4-7,11,16,21,25H,8-10H2,1-3H3,(H,20,24)(H,22,23)/t11-,16-/m0/s1. The van der Waals surface area contributed by atoms with E-state index >= 15 is 0 Å². The number of aromatic nitrogens is 1. The molecule has 1 aliphatic rings. The average molecular weight is 343 g/mol. The third-order valence-electron chi connectivity index (χ3n) is 4.68. The van der Waals surface area contributed by atoms with E-state index in [2.05, 4.69) is 15.6 Å². The van der Waals surface area contributed by atoms with Gasteiger partial charge in [-0.2, -0.15) is 0 Å². The maximum Gasteiger partial charge on any atom is 0.243 e. The number of hydrogen-bond acceptors (Lipinski definition) is 3. The van der Waals surface area contributed by atoms with Crippen molar-refractivity contribution in [2.24, 2.45) is 0 Å². The molecule has 1 saturated heterocycles. The second kappa shape index (κ2) is 6.52. The fraction of sp³-hybridized carbons (Fsp3) is 0.474. The SMILES string of the molecule is C[C@@H]1NC(=O)[C@H](Cc2c(CCC(C)(C)O)[nH]c3ccccc23)NC1=O. The first kappa shape index (κ1) is 17.5. The van der Waals surface area contributed by atoms with E-state index in [1.54, 1.807) is 20.8 Å². The highest BCUT2D eigenvalue weighted by molar-refractivity contribution is 5.97. The summed E-state index contributed by atoms with van der Waals surface area (Å²) in [6.07, 6.45) is 1.70. The molecular weight excluding hydrogens is 318 g/mol. The van der Waals surface area contributed by atoms with Gasteiger partial charge in [-0.05, 0) is 45.2 Å². The van der Waals surface area contributed by atoms with Crippen LogP contribution in [0, 0.1) is 0 Å². The number of amides is 2. The van der Waals surface area contributed by atoms with E-state index in [0.29, 0.717) is 19.3 Å². The number of rotatable bonds is 5. The summed E-state index contributed by atoms with van der Waals surface area (Å²) in [4.78, 5) is 27.6. The number of para-hydroxylation sites is 1. The van der Waals surface area contributed by atoms with E-state index in [4.69, 9.17) is 0 Å². The number of H-pyrrole nitrogens is 1. The zero-order chi connectivity index (χ0) is 18.2. The van der Waals surface area contributed by atoms with E-state index in [1.807, 2.05) is 24.3 Å². The number of carbonyl (C=O) groups excluding carboxylic acids is 2. The number of nitrogens with one attached hydrogen (secondary N) is 3. The minimum Gasteiger partial charge on any atom is -0.390 e. The minimum atomic E-state index is -0.763. The molecule has 6 nitrogen and oxygen atoms in total. The van der Waals surface area contributed by atoms with Gasteiger partial charge in [-0.1, -0.05) is 18.2 Å². The van der Waals surface area contributed by atoms with Crippen LogP contribution in [-0.2, 0) is 22.4 Å². The van der Waals surface area contributed by atoms with Crippen LogP contribution >= 0.6 is 0 Å². The highest BCUT2D eigenvalue weighted by Gasteiger charge is 2.32. The van der Waals surface area contributed by atoms with Gasteiger partial charge in [-0.25, -0.2) is 0 Å². The van der Waals surface area contributed by atoms with Crippen molar-refractivity contribution in [2.75, 3.05) is 0 Å². The summed E-state index contributed by atoms with van der Waals surface area (Å²) >= 11 is 0. The lowest BCUT2D eigenvalue weighted by Gasteiger charge is -2.28. The molecule has 2 aromatic rings. The molecule has 0 radical (unpaired) electrons. The van der Waals surface area contributed by atoms with Crippen molar-refractivity contribution in [2.45, 2.75) is 57.7 Å². The Morgan fingerprint density at radius 1 is 1.12 bits per heavy atom. The molecule has 2 atom stereocenters. The Kier molecular flexibility index (Phi) is 4.56. The van der Waals surface area contributed by atoms with Gasteiger partial charge < -0.3 is 20.7 Å². The lowest BCUT2D eigenvalue weighted by atomic mass is 9.95. The molecule has 25 heavy (non-hydrogen) atoms. The largest absolute Gasteiger partial charge is 0.390 e. The average Bonchev–Trinajstić information content (AvgIpc) is 2.88. The van der Waals surface area contributed by atoms with Crippen LogP contribution in [0.2, 0.25) is 0 Å². The molecule has 1 aromatic heterocycles. The van der Waals surface area contributed by atoms with Gasteiger partial charge in [0.25, 0.3) is 0 Å². The quantitative estimate of drug-likeness (QED) is 0.661. The number of piperazine rings is 1. The highest BCUT2D eigenvalue weighted by atomic mass is 16.3. The molecule has 0 aliphatic carbocycles. The fourth-order valence-electron chi connectivity index (χ4n) is 3.22. The van der Waals surface area contributed by atoms with Crippen molar-refractivity contribution in [3.05, 3.63) is 35.5 Å². The molecule has 0 spiro atoms. The van der Waals surface area contributed by atoms with Gasteiger partial charge >= 0.3 is 0 Å². The van der Waals surface area contributed by atoms with Crippen LogP contribution in [0.25, 0.3) is 10.9 Å². The van der Waals surface area contributed by atoms with Gasteiger partial charge in [0.05, 0.1) is 5.60 Å². The monoisotopic (exact) mass is 343 g/mol. The summed E-state index contributed by atoms with van der Waals surface area (Å²) in [5.41, 5.74) is 2.26. The third kappa shape index (κ3) is 3.85. The van der Waals surface area contributed by atoms with Crippen molar-refractivity contribution in [3.63, 3.8) is 0 Å². The maximum absolute atomic E-state index is 12.3. The van der Waals surface area contributed by atoms with Crippen molar-refractivity contribution in [1.29, 1.82) is 0 Å². The van der Waals surface area contributed by atoms with Gasteiger partial charge in [-0.15, -0.1) is 0 Å². The van der Waals surface area contributed by atoms with Gasteiger partial charge in [-0.3, -0.25) is 9.59 Å². The lowest BCUT2D eigenvalue weighted by molar-refractivity contribution is -0.136. The maximum atomic E-state index is 12.3. The Bertz CT molecular complexity index is 804. The smallest absolute Gasteiger partial charge is 0.243 e. The molecule has 0 bridgehead atoms. The Morgan fingerprint density at radius 2 is 1.84 bits per heavy atom. The number of aromatic amines is 1. The van der Waals surface area contributed by atoms with Crippen LogP contribution in [0.4, 0.5) is 0 Å². The number of fused-ring (bicyclic) bond motifs is 1. The van der Waals surface area contributed by atoms with Crippen LogP contribution in [0.1, 0.15) is 38.4 Å². The number of aryl methyl sites for hydroxylation is 1. The van der Waals surface area contributed by atoms with Crippen molar-refractivity contribution in [3.8, 4) is 0 Å². The van der Waals surface area contributed by atoms with Gasteiger partial charge in [0.15, 0.2) is 0 Å². The molecule has 1 aliphatic heterocycles. The molecule has 1 fully saturated rings. The number of carbonyl (C=O) groups is 2. The van der Waals surface area contributed by atoms with Crippen LogP contribution < -0.4 is 10.6 Å². The molecule has 2 heterocycles. The summed E-state index contributed by atoms with van der Waals surface area (Å²) in [6.45, 7) is 5.24. The van der Waals surface area contributed by atoms with Crippen molar-refractivity contribution >= 4 is 22.7 Å². The molecule has 3 rings (SSSR count). The van der Waals surface area contributed by atoms with Gasteiger partial charge in [0.1, 0.15) is 12.1 Å². The van der Waals surface area contributed by atoms with E-state index in [-0.39, 0.29) is 11.8 Å². The number of benzene rings is 1. The molecule has 2 amide bonds. The minimum absolute atomic E-state index is 0.161. The molecule has 1 aromatic carbocycles. The predicted molar refractivity (Wildman–Crippen MR) is 96.2 cm³/mol. The fourth-order valence-corrected chi connectivity index (χ4v) is 3.22. The van der Waals surface area contributed by atoms with Gasteiger partial charge in [0.2, 0.25) is 11.8 Å². The Labute approximate surface area is 147 Å². The van der Waals surface area contributed by atoms with Crippen LogP contribution in [0.3, 0.4) is 0 Å². The van der Waals surface area contributed by atoms with E-state index in [0.717, 1.165) is 22.2 Å². The summed E-state index contributed by atoms with van der Waals surface area (Å²) in [7, 11) is 0. The molecule has 0 saturated carbocycles. The first-order chi connectivity index (χ1) is 11.7. The second-order valence-electron chi connectivity index (χ2n) is 7.44. The highest BCUT2D eigenvalue weighted by Crippen LogP contribution is 2.26. The zero-order valence-electron chi connectivity index (χ0n) is 14.8. The van der Waals surface area contributed by atoms with E-state index < -0.39 is 17.7 Å². The van der Waals surface area contributed by atoms with Crippen LogP contribution in [-0.4, -0.2) is 39.6 Å². The summed E-state index contributed by atoms with van der Waals surface area (Å²) < 4.78 is 0. The number of hydrogen-bond donors (Lipinski definition) is 4. The Balaban J connectivity index is 1.91. The first-order valence-corrected chi connectivity index (χ1v) is 8.66. The Hall–Kier alpha value is -2.34.